The highest BCUT2D eigenvalue weighted by Gasteiger charge is 2.34. The van der Waals surface area contributed by atoms with Crippen LogP contribution in [0, 0.1) is 0 Å². The zero-order chi connectivity index (χ0) is 18.6. The molecule has 2 rings (SSSR count). The van der Waals surface area contributed by atoms with Crippen LogP contribution in [0.1, 0.15) is 5.56 Å². The molecule has 1 amide bonds. The molecular weight excluding hydrogens is 380 g/mol. The molecule has 0 saturated carbocycles. The van der Waals surface area contributed by atoms with Gasteiger partial charge in [0, 0.05) is 10.0 Å². The molecule has 0 heterocycles. The molecule has 0 bridgehead atoms. The van der Waals surface area contributed by atoms with E-state index >= 15 is 0 Å². The minimum Gasteiger partial charge on any atom is -0.495 e. The second-order valence-electron chi connectivity index (χ2n) is 4.93. The highest BCUT2D eigenvalue weighted by atomic mass is 35.5. The number of hydrogen-bond donors (Lipinski definition) is 2. The van der Waals surface area contributed by atoms with Crippen molar-refractivity contribution in [3.8, 4) is 5.75 Å². The number of alkyl halides is 3. The molecule has 0 aliphatic rings. The number of carbonyl (C=O) groups excluding carboxylic acids is 1. The van der Waals surface area contributed by atoms with Gasteiger partial charge in [-0.15, -0.1) is 0 Å². The third-order valence-electron chi connectivity index (χ3n) is 3.16. The number of carbonyl (C=O) groups is 1. The van der Waals surface area contributed by atoms with Gasteiger partial charge in [0.25, 0.3) is 0 Å². The average molecular weight is 393 g/mol. The zero-order valence-electron chi connectivity index (χ0n) is 12.9. The summed E-state index contributed by atoms with van der Waals surface area (Å²) in [5.74, 6) is -0.227. The lowest BCUT2D eigenvalue weighted by Crippen LogP contribution is -2.23. The highest BCUT2D eigenvalue weighted by Crippen LogP contribution is 2.36. The summed E-state index contributed by atoms with van der Waals surface area (Å²) < 4.78 is 44.2. The van der Waals surface area contributed by atoms with Gasteiger partial charge in [0.1, 0.15) is 5.75 Å². The molecule has 134 valence electrons. The average Bonchev–Trinajstić information content (AvgIpc) is 2.54. The zero-order valence-corrected chi connectivity index (χ0v) is 14.4. The number of benzene rings is 2. The smallest absolute Gasteiger partial charge is 0.418 e. The predicted molar refractivity (Wildman–Crippen MR) is 91.6 cm³/mol. The van der Waals surface area contributed by atoms with Crippen LogP contribution in [0.3, 0.4) is 0 Å². The van der Waals surface area contributed by atoms with E-state index in [9.17, 15) is 18.0 Å². The van der Waals surface area contributed by atoms with Gasteiger partial charge in [-0.05, 0) is 36.4 Å². The van der Waals surface area contributed by atoms with Gasteiger partial charge in [0.15, 0.2) is 0 Å². The number of amides is 1. The number of hydrogen-bond acceptors (Lipinski definition) is 3. The lowest BCUT2D eigenvalue weighted by Gasteiger charge is -2.15. The fraction of sp³-hybridized carbons (Fsp3) is 0.188. The standard InChI is InChI=1S/C16H13Cl2F3N2O2/c1-25-14-5-3-10(18)7-13(14)22-8-15(24)23-12-4-2-9(17)6-11(12)16(19,20)21/h2-7,22H,8H2,1H3,(H,23,24). The molecular formula is C16H13Cl2F3N2O2. The van der Waals surface area contributed by atoms with E-state index in [1.807, 2.05) is 0 Å². The first-order valence-electron chi connectivity index (χ1n) is 6.94. The van der Waals surface area contributed by atoms with Gasteiger partial charge < -0.3 is 15.4 Å². The van der Waals surface area contributed by atoms with E-state index in [4.69, 9.17) is 27.9 Å². The van der Waals surface area contributed by atoms with Crippen molar-refractivity contribution >= 4 is 40.5 Å². The largest absolute Gasteiger partial charge is 0.495 e. The topological polar surface area (TPSA) is 50.4 Å². The van der Waals surface area contributed by atoms with Crippen LogP contribution in [0.4, 0.5) is 24.5 Å². The molecule has 0 aromatic heterocycles. The summed E-state index contributed by atoms with van der Waals surface area (Å²) in [4.78, 5) is 12.0. The Labute approximate surface area is 151 Å². The molecule has 0 atom stereocenters. The summed E-state index contributed by atoms with van der Waals surface area (Å²) in [6.07, 6.45) is -4.64. The lowest BCUT2D eigenvalue weighted by atomic mass is 10.1. The van der Waals surface area contributed by atoms with E-state index in [0.717, 1.165) is 12.1 Å². The maximum absolute atomic E-state index is 13.0. The third-order valence-corrected chi connectivity index (χ3v) is 3.63. The summed E-state index contributed by atoms with van der Waals surface area (Å²) in [5, 5.41) is 5.32. The number of nitrogens with one attached hydrogen (secondary N) is 2. The number of ether oxygens (including phenoxy) is 1. The third kappa shape index (κ3) is 5.17. The van der Waals surface area contributed by atoms with Crippen LogP contribution in [-0.4, -0.2) is 19.6 Å². The van der Waals surface area contributed by atoms with Crippen molar-refractivity contribution in [1.82, 2.24) is 0 Å². The van der Waals surface area contributed by atoms with Crippen LogP contribution in [0.5, 0.6) is 5.75 Å². The molecule has 0 fully saturated rings. The van der Waals surface area contributed by atoms with E-state index in [1.165, 1.54) is 19.2 Å². The Bertz CT molecular complexity index is 782. The lowest BCUT2D eigenvalue weighted by molar-refractivity contribution is -0.137. The summed E-state index contributed by atoms with van der Waals surface area (Å²) in [5.41, 5.74) is -0.951. The molecule has 9 heteroatoms. The van der Waals surface area contributed by atoms with Crippen molar-refractivity contribution in [3.63, 3.8) is 0 Å². The van der Waals surface area contributed by atoms with Crippen LogP contribution >= 0.6 is 23.2 Å². The van der Waals surface area contributed by atoms with Crippen LogP contribution in [0.25, 0.3) is 0 Å². The molecule has 2 aromatic rings. The van der Waals surface area contributed by atoms with Crippen molar-refractivity contribution in [1.29, 1.82) is 0 Å². The first-order valence-corrected chi connectivity index (χ1v) is 7.70. The van der Waals surface area contributed by atoms with E-state index in [2.05, 4.69) is 10.6 Å². The van der Waals surface area contributed by atoms with Gasteiger partial charge in [-0.1, -0.05) is 23.2 Å². The maximum atomic E-state index is 13.0. The SMILES string of the molecule is COc1ccc(Cl)cc1NCC(=O)Nc1ccc(Cl)cc1C(F)(F)F. The minimum atomic E-state index is -4.64. The Kier molecular flexibility index (Phi) is 6.02. The molecule has 0 unspecified atom stereocenters. The maximum Gasteiger partial charge on any atom is 0.418 e. The monoisotopic (exact) mass is 392 g/mol. The van der Waals surface area contributed by atoms with Crippen LogP contribution in [-0.2, 0) is 11.0 Å². The van der Waals surface area contributed by atoms with Gasteiger partial charge in [-0.2, -0.15) is 13.2 Å². The number of anilines is 2. The number of halogens is 5. The Morgan fingerprint density at radius 2 is 1.72 bits per heavy atom. The first-order chi connectivity index (χ1) is 11.7. The Hall–Kier alpha value is -2.12. The molecule has 0 saturated heterocycles. The summed E-state index contributed by atoms with van der Waals surface area (Å²) in [6, 6.07) is 7.86. The number of rotatable bonds is 5. The van der Waals surface area contributed by atoms with E-state index in [-0.39, 0.29) is 17.3 Å². The van der Waals surface area contributed by atoms with E-state index in [1.54, 1.807) is 12.1 Å². The minimum absolute atomic E-state index is 0.0767. The summed E-state index contributed by atoms with van der Waals surface area (Å²) in [7, 11) is 1.44. The second-order valence-corrected chi connectivity index (χ2v) is 5.81. The summed E-state index contributed by atoms with van der Waals surface area (Å²) >= 11 is 11.5. The molecule has 0 radical (unpaired) electrons. The van der Waals surface area contributed by atoms with Gasteiger partial charge in [-0.3, -0.25) is 4.79 Å². The molecule has 0 aliphatic heterocycles. The second kappa shape index (κ2) is 7.84. The Morgan fingerprint density at radius 1 is 1.08 bits per heavy atom. The number of methoxy groups -OCH3 is 1. The van der Waals surface area contributed by atoms with Crippen molar-refractivity contribution in [2.24, 2.45) is 0 Å². The Balaban J connectivity index is 2.10. The highest BCUT2D eigenvalue weighted by molar-refractivity contribution is 6.31. The van der Waals surface area contributed by atoms with Gasteiger partial charge in [0.05, 0.1) is 30.6 Å². The van der Waals surface area contributed by atoms with E-state index in [0.29, 0.717) is 16.5 Å². The van der Waals surface area contributed by atoms with Gasteiger partial charge >= 0.3 is 6.18 Å². The van der Waals surface area contributed by atoms with Gasteiger partial charge in [-0.25, -0.2) is 0 Å². The Morgan fingerprint density at radius 3 is 2.36 bits per heavy atom. The van der Waals surface area contributed by atoms with Crippen molar-refractivity contribution in [2.75, 3.05) is 24.3 Å². The van der Waals surface area contributed by atoms with Crippen LogP contribution in [0.2, 0.25) is 10.0 Å². The van der Waals surface area contributed by atoms with E-state index < -0.39 is 17.6 Å². The molecule has 2 N–H and O–H groups in total. The van der Waals surface area contributed by atoms with Gasteiger partial charge in [0.2, 0.25) is 5.91 Å². The predicted octanol–water partition coefficient (Wildman–Crippen LogP) is 5.07. The quantitative estimate of drug-likeness (QED) is 0.746. The molecule has 4 nitrogen and oxygen atoms in total. The summed E-state index contributed by atoms with van der Waals surface area (Å²) in [6.45, 7) is -0.281. The van der Waals surface area contributed by atoms with Crippen molar-refractivity contribution in [2.45, 2.75) is 6.18 Å². The molecule has 2 aromatic carbocycles. The van der Waals surface area contributed by atoms with Crippen molar-refractivity contribution < 1.29 is 22.7 Å². The molecule has 25 heavy (non-hydrogen) atoms. The fourth-order valence-electron chi connectivity index (χ4n) is 2.05. The molecule has 0 spiro atoms. The van der Waals surface area contributed by atoms with Crippen LogP contribution in [0.15, 0.2) is 36.4 Å². The first kappa shape index (κ1) is 19.2. The van der Waals surface area contributed by atoms with Crippen LogP contribution < -0.4 is 15.4 Å². The normalized spacial score (nSPS) is 11.1. The van der Waals surface area contributed by atoms with Crippen molar-refractivity contribution in [3.05, 3.63) is 52.0 Å². The fourth-order valence-corrected chi connectivity index (χ4v) is 2.39. The molecule has 0 aliphatic carbocycles.